The van der Waals surface area contributed by atoms with Crippen molar-refractivity contribution in [2.24, 2.45) is 11.7 Å². The van der Waals surface area contributed by atoms with Crippen molar-refractivity contribution in [2.75, 3.05) is 18.1 Å². The summed E-state index contributed by atoms with van der Waals surface area (Å²) in [5, 5.41) is 9.04. The van der Waals surface area contributed by atoms with E-state index in [9.17, 15) is 9.59 Å². The first-order valence-corrected chi connectivity index (χ1v) is 12.7. The van der Waals surface area contributed by atoms with E-state index in [1.807, 2.05) is 48.5 Å². The van der Waals surface area contributed by atoms with E-state index < -0.39 is 12.0 Å². The fourth-order valence-corrected chi connectivity index (χ4v) is 5.49. The molecule has 1 atom stereocenters. The van der Waals surface area contributed by atoms with Crippen molar-refractivity contribution in [2.45, 2.75) is 44.1 Å². The summed E-state index contributed by atoms with van der Waals surface area (Å²) in [6.45, 7) is 0.891. The number of carboxylic acids is 1. The SMILES string of the molecule is N[C@H](C(=O)N1CCOc2cc(-c3ccc(C4CCC(CC(=O)O)CC4)cc3)ccc21)c1ccccc1. The van der Waals surface area contributed by atoms with Gasteiger partial charge in [0.2, 0.25) is 5.91 Å². The Kier molecular flexibility index (Phi) is 7.05. The minimum atomic E-state index is -0.719. The molecule has 1 fully saturated rings. The number of hydrogen-bond acceptors (Lipinski definition) is 4. The zero-order valence-corrected chi connectivity index (χ0v) is 20.3. The average Bonchev–Trinajstić information content (AvgIpc) is 2.92. The predicted octanol–water partition coefficient (Wildman–Crippen LogP) is 5.53. The van der Waals surface area contributed by atoms with Crippen molar-refractivity contribution in [3.8, 4) is 16.9 Å². The number of nitrogens with zero attached hydrogens (tertiary/aromatic N) is 1. The molecule has 0 bridgehead atoms. The summed E-state index contributed by atoms with van der Waals surface area (Å²) in [5.41, 5.74) is 11.3. The molecular weight excluding hydrogens is 452 g/mol. The highest BCUT2D eigenvalue weighted by molar-refractivity contribution is 5.99. The van der Waals surface area contributed by atoms with Crippen molar-refractivity contribution < 1.29 is 19.4 Å². The van der Waals surface area contributed by atoms with Crippen LogP contribution in [0.15, 0.2) is 72.8 Å². The van der Waals surface area contributed by atoms with Crippen LogP contribution in [-0.4, -0.2) is 30.1 Å². The van der Waals surface area contributed by atoms with Gasteiger partial charge in [0.05, 0.1) is 12.2 Å². The number of fused-ring (bicyclic) bond motifs is 1. The van der Waals surface area contributed by atoms with Gasteiger partial charge in [-0.1, -0.05) is 60.7 Å². The summed E-state index contributed by atoms with van der Waals surface area (Å²) >= 11 is 0. The zero-order chi connectivity index (χ0) is 25.1. The average molecular weight is 485 g/mol. The highest BCUT2D eigenvalue weighted by Crippen LogP contribution is 2.39. The third-order valence-electron chi connectivity index (χ3n) is 7.54. The second kappa shape index (κ2) is 10.5. The van der Waals surface area contributed by atoms with E-state index >= 15 is 0 Å². The second-order valence-corrected chi connectivity index (χ2v) is 9.85. The largest absolute Gasteiger partial charge is 0.490 e. The molecule has 186 valence electrons. The summed E-state index contributed by atoms with van der Waals surface area (Å²) in [7, 11) is 0. The maximum Gasteiger partial charge on any atom is 0.303 e. The van der Waals surface area contributed by atoms with Crippen LogP contribution < -0.4 is 15.4 Å². The molecule has 3 N–H and O–H groups in total. The molecule has 36 heavy (non-hydrogen) atoms. The minimum Gasteiger partial charge on any atom is -0.490 e. The highest BCUT2D eigenvalue weighted by atomic mass is 16.5. The van der Waals surface area contributed by atoms with E-state index in [4.69, 9.17) is 15.6 Å². The Hall–Kier alpha value is -3.64. The molecule has 0 radical (unpaired) electrons. The van der Waals surface area contributed by atoms with Gasteiger partial charge in [0.15, 0.2) is 0 Å². The number of benzene rings is 3. The van der Waals surface area contributed by atoms with Gasteiger partial charge in [0.1, 0.15) is 18.4 Å². The third kappa shape index (κ3) is 5.14. The molecule has 0 aromatic heterocycles. The standard InChI is InChI=1S/C30H32N2O4/c31-29(24-4-2-1-3-5-24)30(35)32-16-17-36-27-19-25(14-15-26(27)32)23-12-10-22(11-13-23)21-8-6-20(7-9-21)18-28(33)34/h1-5,10-15,19-21,29H,6-9,16-18,31H2,(H,33,34)/t20?,21?,29-/m0/s1. The van der Waals surface area contributed by atoms with Crippen molar-refractivity contribution in [1.82, 2.24) is 0 Å². The van der Waals surface area contributed by atoms with E-state index in [-0.39, 0.29) is 12.3 Å². The Morgan fingerprint density at radius 2 is 1.64 bits per heavy atom. The highest BCUT2D eigenvalue weighted by Gasteiger charge is 2.29. The molecule has 6 heteroatoms. The normalized spacial score (nSPS) is 20.2. The molecule has 3 aromatic rings. The van der Waals surface area contributed by atoms with E-state index in [0.717, 1.165) is 48.1 Å². The quantitative estimate of drug-likeness (QED) is 0.480. The number of carboxylic acid groups (broad SMARTS) is 1. The number of aliphatic carboxylic acids is 1. The van der Waals surface area contributed by atoms with Crippen LogP contribution >= 0.6 is 0 Å². The van der Waals surface area contributed by atoms with Gasteiger partial charge in [-0.15, -0.1) is 0 Å². The van der Waals surface area contributed by atoms with E-state index in [2.05, 4.69) is 24.3 Å². The Labute approximate surface area is 211 Å². The third-order valence-corrected chi connectivity index (χ3v) is 7.54. The van der Waals surface area contributed by atoms with Gasteiger partial charge in [-0.3, -0.25) is 9.59 Å². The molecule has 0 spiro atoms. The first kappa shape index (κ1) is 24.1. The van der Waals surface area contributed by atoms with Gasteiger partial charge in [-0.2, -0.15) is 0 Å². The Bertz CT molecular complexity index is 1220. The molecule has 1 aliphatic carbocycles. The fourth-order valence-electron chi connectivity index (χ4n) is 5.49. The van der Waals surface area contributed by atoms with Crippen LogP contribution in [0.25, 0.3) is 11.1 Å². The number of rotatable bonds is 6. The first-order valence-electron chi connectivity index (χ1n) is 12.7. The predicted molar refractivity (Wildman–Crippen MR) is 140 cm³/mol. The molecule has 0 unspecified atom stereocenters. The van der Waals surface area contributed by atoms with E-state index in [0.29, 0.717) is 30.7 Å². The maximum atomic E-state index is 13.2. The summed E-state index contributed by atoms with van der Waals surface area (Å²) in [4.78, 5) is 25.9. The molecule has 3 aromatic carbocycles. The van der Waals surface area contributed by atoms with Gasteiger partial charge >= 0.3 is 5.97 Å². The molecule has 0 saturated heterocycles. The lowest BCUT2D eigenvalue weighted by Crippen LogP contribution is -2.43. The monoisotopic (exact) mass is 484 g/mol. The fraction of sp³-hybridized carbons (Fsp3) is 0.333. The summed E-state index contributed by atoms with van der Waals surface area (Å²) < 4.78 is 5.93. The summed E-state index contributed by atoms with van der Waals surface area (Å²) in [6.07, 6.45) is 4.32. The topological polar surface area (TPSA) is 92.9 Å². The number of amides is 1. The number of anilines is 1. The lowest BCUT2D eigenvalue weighted by Gasteiger charge is -2.31. The van der Waals surface area contributed by atoms with Crippen LogP contribution in [0.5, 0.6) is 5.75 Å². The first-order chi connectivity index (χ1) is 17.5. The smallest absolute Gasteiger partial charge is 0.303 e. The second-order valence-electron chi connectivity index (χ2n) is 9.85. The number of ether oxygens (including phenoxy) is 1. The van der Waals surface area contributed by atoms with Gasteiger partial charge in [0.25, 0.3) is 0 Å². The van der Waals surface area contributed by atoms with Crippen molar-refractivity contribution in [1.29, 1.82) is 0 Å². The molecule has 2 aliphatic rings. The van der Waals surface area contributed by atoms with Crippen LogP contribution in [0.2, 0.25) is 0 Å². The van der Waals surface area contributed by atoms with Gasteiger partial charge in [0, 0.05) is 6.42 Å². The molecule has 1 amide bonds. The number of carbonyl (C=O) groups is 2. The van der Waals surface area contributed by atoms with Crippen LogP contribution in [0, 0.1) is 5.92 Å². The Morgan fingerprint density at radius 3 is 2.33 bits per heavy atom. The minimum absolute atomic E-state index is 0.138. The number of carbonyl (C=O) groups excluding carboxylic acids is 1. The molecule has 5 rings (SSSR count). The number of nitrogens with two attached hydrogens (primary N) is 1. The van der Waals surface area contributed by atoms with Crippen molar-refractivity contribution in [3.63, 3.8) is 0 Å². The summed E-state index contributed by atoms with van der Waals surface area (Å²) in [6, 6.07) is 23.3. The summed E-state index contributed by atoms with van der Waals surface area (Å²) in [5.74, 6) is 0.657. The van der Waals surface area contributed by atoms with Gasteiger partial charge in [-0.25, -0.2) is 0 Å². The molecule has 1 aliphatic heterocycles. The Balaban J connectivity index is 1.29. The Morgan fingerprint density at radius 1 is 0.944 bits per heavy atom. The zero-order valence-electron chi connectivity index (χ0n) is 20.3. The van der Waals surface area contributed by atoms with Gasteiger partial charge in [-0.05, 0) is 71.9 Å². The molecule has 1 heterocycles. The van der Waals surface area contributed by atoms with Crippen LogP contribution in [0.1, 0.15) is 55.2 Å². The van der Waals surface area contributed by atoms with Crippen molar-refractivity contribution >= 4 is 17.6 Å². The molecular formula is C30H32N2O4. The van der Waals surface area contributed by atoms with Crippen LogP contribution in [0.3, 0.4) is 0 Å². The lowest BCUT2D eigenvalue weighted by molar-refractivity contribution is -0.138. The number of hydrogen-bond donors (Lipinski definition) is 2. The molecule has 6 nitrogen and oxygen atoms in total. The van der Waals surface area contributed by atoms with Crippen LogP contribution in [-0.2, 0) is 9.59 Å². The van der Waals surface area contributed by atoms with Gasteiger partial charge < -0.3 is 20.5 Å². The lowest BCUT2D eigenvalue weighted by atomic mass is 9.77. The van der Waals surface area contributed by atoms with E-state index in [1.54, 1.807) is 4.90 Å². The molecule has 1 saturated carbocycles. The van der Waals surface area contributed by atoms with Crippen LogP contribution in [0.4, 0.5) is 5.69 Å². The maximum absolute atomic E-state index is 13.2. The van der Waals surface area contributed by atoms with E-state index in [1.165, 1.54) is 5.56 Å². The van der Waals surface area contributed by atoms with Crippen molar-refractivity contribution in [3.05, 3.63) is 83.9 Å².